The number of ether oxygens (including phenoxy) is 1. The summed E-state index contributed by atoms with van der Waals surface area (Å²) in [6.07, 6.45) is 0.0885. The number of aryl methyl sites for hydroxylation is 1. The summed E-state index contributed by atoms with van der Waals surface area (Å²) in [5.41, 5.74) is 3.44. The minimum absolute atomic E-state index is 0.218. The molecule has 6 heteroatoms. The molecule has 0 bridgehead atoms. The highest BCUT2D eigenvalue weighted by Crippen LogP contribution is 2.24. The first-order valence-electron chi connectivity index (χ1n) is 9.52. The summed E-state index contributed by atoms with van der Waals surface area (Å²) in [5, 5.41) is 2.41. The number of amides is 1. The lowest BCUT2D eigenvalue weighted by atomic mass is 10.1. The van der Waals surface area contributed by atoms with Crippen LogP contribution in [0.25, 0.3) is 10.6 Å². The third kappa shape index (κ3) is 5.29. The van der Waals surface area contributed by atoms with Crippen LogP contribution in [0, 0.1) is 0 Å². The van der Waals surface area contributed by atoms with Crippen molar-refractivity contribution in [2.24, 2.45) is 0 Å². The highest BCUT2D eigenvalue weighted by molar-refractivity contribution is 7.13. The molecule has 1 aromatic heterocycles. The highest BCUT2D eigenvalue weighted by Gasteiger charge is 2.23. The molecule has 0 radical (unpaired) electrons. The van der Waals surface area contributed by atoms with E-state index in [2.05, 4.69) is 24.0 Å². The van der Waals surface area contributed by atoms with Crippen LogP contribution in [0.4, 0.5) is 0 Å². The average Bonchev–Trinajstić information content (AvgIpc) is 3.24. The Hall–Kier alpha value is -2.99. The van der Waals surface area contributed by atoms with Crippen LogP contribution in [-0.4, -0.2) is 34.9 Å². The van der Waals surface area contributed by atoms with E-state index in [0.717, 1.165) is 22.6 Å². The molecule has 0 saturated carbocycles. The zero-order valence-electron chi connectivity index (χ0n) is 16.8. The van der Waals surface area contributed by atoms with Gasteiger partial charge in [0.25, 0.3) is 5.91 Å². The van der Waals surface area contributed by atoms with Crippen molar-refractivity contribution in [2.45, 2.75) is 32.9 Å². The number of benzene rings is 2. The molecule has 0 saturated heterocycles. The Kier molecular flexibility index (Phi) is 6.77. The number of carbonyl (C=O) groups is 2. The van der Waals surface area contributed by atoms with Gasteiger partial charge in [-0.2, -0.15) is 0 Å². The van der Waals surface area contributed by atoms with Crippen LogP contribution >= 0.6 is 11.3 Å². The van der Waals surface area contributed by atoms with Gasteiger partial charge in [-0.3, -0.25) is 4.79 Å². The van der Waals surface area contributed by atoms with Gasteiger partial charge in [-0.15, -0.1) is 11.3 Å². The minimum atomic E-state index is -0.884. The fourth-order valence-electron chi connectivity index (χ4n) is 2.90. The molecule has 2 aromatic carbocycles. The molecule has 0 spiro atoms. The number of rotatable bonds is 7. The van der Waals surface area contributed by atoms with Gasteiger partial charge in [0.1, 0.15) is 5.01 Å². The summed E-state index contributed by atoms with van der Waals surface area (Å²) in [5.74, 6) is -0.848. The number of carbonyl (C=O) groups excluding carboxylic acids is 2. The second-order valence-electron chi connectivity index (χ2n) is 6.82. The van der Waals surface area contributed by atoms with Crippen molar-refractivity contribution in [3.05, 3.63) is 76.8 Å². The van der Waals surface area contributed by atoms with Gasteiger partial charge in [0.05, 0.1) is 0 Å². The van der Waals surface area contributed by atoms with E-state index in [9.17, 15) is 9.59 Å². The molecule has 29 heavy (non-hydrogen) atoms. The Balaban J connectivity index is 1.60. The molecule has 0 aliphatic rings. The maximum Gasteiger partial charge on any atom is 0.358 e. The van der Waals surface area contributed by atoms with Gasteiger partial charge in [0, 0.05) is 24.5 Å². The molecular weight excluding hydrogens is 384 g/mol. The lowest BCUT2D eigenvalue weighted by molar-refractivity contribution is -0.139. The minimum Gasteiger partial charge on any atom is -0.448 e. The van der Waals surface area contributed by atoms with Crippen LogP contribution in [0.1, 0.15) is 35.5 Å². The van der Waals surface area contributed by atoms with Crippen molar-refractivity contribution in [3.63, 3.8) is 0 Å². The average molecular weight is 409 g/mol. The fourth-order valence-corrected chi connectivity index (χ4v) is 3.70. The number of thiazole rings is 1. The smallest absolute Gasteiger partial charge is 0.358 e. The molecule has 5 nitrogen and oxygen atoms in total. The van der Waals surface area contributed by atoms with Crippen LogP contribution in [0.3, 0.4) is 0 Å². The standard InChI is InChI=1S/C23H24N2O3S/c1-4-17-10-12-19(13-11-17)21-24-20(15-29-21)23(27)28-16(2)22(26)25(3)14-18-8-6-5-7-9-18/h5-13,15-16H,4,14H2,1-3H3/t16-/m1/s1. The molecule has 1 heterocycles. The maximum absolute atomic E-state index is 12.5. The van der Waals surface area contributed by atoms with Crippen LogP contribution in [0.2, 0.25) is 0 Å². The monoisotopic (exact) mass is 408 g/mol. The van der Waals surface area contributed by atoms with E-state index in [1.807, 2.05) is 42.5 Å². The van der Waals surface area contributed by atoms with E-state index in [1.165, 1.54) is 16.9 Å². The molecule has 0 N–H and O–H groups in total. The first-order valence-corrected chi connectivity index (χ1v) is 10.4. The van der Waals surface area contributed by atoms with Crippen molar-refractivity contribution >= 4 is 23.2 Å². The molecule has 3 rings (SSSR count). The van der Waals surface area contributed by atoms with E-state index in [4.69, 9.17) is 4.74 Å². The van der Waals surface area contributed by atoms with Gasteiger partial charge in [0.2, 0.25) is 0 Å². The summed E-state index contributed by atoms with van der Waals surface area (Å²) in [6, 6.07) is 17.8. The Bertz CT molecular complexity index is 967. The van der Waals surface area contributed by atoms with Gasteiger partial charge in [0.15, 0.2) is 11.8 Å². The second-order valence-corrected chi connectivity index (χ2v) is 7.67. The molecular formula is C23H24N2O3S. The van der Waals surface area contributed by atoms with Crippen LogP contribution in [0.15, 0.2) is 60.0 Å². The first-order chi connectivity index (χ1) is 14.0. The van der Waals surface area contributed by atoms with Crippen molar-refractivity contribution in [2.75, 3.05) is 7.05 Å². The molecule has 0 unspecified atom stereocenters. The molecule has 0 aliphatic carbocycles. The van der Waals surface area contributed by atoms with Gasteiger partial charge in [-0.05, 0) is 24.5 Å². The number of likely N-dealkylation sites (N-methyl/N-ethyl adjacent to an activating group) is 1. The molecule has 0 fully saturated rings. The Morgan fingerprint density at radius 2 is 1.76 bits per heavy atom. The third-order valence-corrected chi connectivity index (χ3v) is 5.48. The second kappa shape index (κ2) is 9.47. The third-order valence-electron chi connectivity index (χ3n) is 4.59. The number of nitrogens with zero attached hydrogens (tertiary/aromatic N) is 2. The highest BCUT2D eigenvalue weighted by atomic mass is 32.1. The van der Waals surface area contributed by atoms with Crippen molar-refractivity contribution in [3.8, 4) is 10.6 Å². The van der Waals surface area contributed by atoms with Gasteiger partial charge in [-0.1, -0.05) is 61.5 Å². The predicted octanol–water partition coefficient (Wildman–Crippen LogP) is 4.58. The molecule has 3 aromatic rings. The Labute approximate surface area is 175 Å². The lowest BCUT2D eigenvalue weighted by Gasteiger charge is -2.21. The predicted molar refractivity (Wildman–Crippen MR) is 115 cm³/mol. The van der Waals surface area contributed by atoms with Crippen molar-refractivity contribution in [1.82, 2.24) is 9.88 Å². The molecule has 1 amide bonds. The summed E-state index contributed by atoms with van der Waals surface area (Å²) in [4.78, 5) is 30.9. The maximum atomic E-state index is 12.5. The summed E-state index contributed by atoms with van der Waals surface area (Å²) in [6.45, 7) is 4.14. The van der Waals surface area contributed by atoms with Crippen molar-refractivity contribution < 1.29 is 14.3 Å². The number of esters is 1. The number of hydrogen-bond acceptors (Lipinski definition) is 5. The van der Waals surface area contributed by atoms with Gasteiger partial charge < -0.3 is 9.64 Å². The fraction of sp³-hybridized carbons (Fsp3) is 0.261. The first kappa shape index (κ1) is 20.7. The van der Waals surface area contributed by atoms with Crippen molar-refractivity contribution in [1.29, 1.82) is 0 Å². The van der Waals surface area contributed by atoms with E-state index in [-0.39, 0.29) is 11.6 Å². The Morgan fingerprint density at radius 1 is 1.07 bits per heavy atom. The number of aromatic nitrogens is 1. The summed E-state index contributed by atoms with van der Waals surface area (Å²) < 4.78 is 5.36. The molecule has 150 valence electrons. The lowest BCUT2D eigenvalue weighted by Crippen LogP contribution is -2.37. The zero-order valence-corrected chi connectivity index (χ0v) is 17.6. The van der Waals surface area contributed by atoms with E-state index in [1.54, 1.807) is 24.3 Å². The van der Waals surface area contributed by atoms with Crippen LogP contribution in [-0.2, 0) is 22.5 Å². The van der Waals surface area contributed by atoms with Gasteiger partial charge in [-0.25, -0.2) is 9.78 Å². The van der Waals surface area contributed by atoms with E-state index < -0.39 is 12.1 Å². The normalized spacial score (nSPS) is 11.7. The molecule has 0 aliphatic heterocycles. The van der Waals surface area contributed by atoms with Gasteiger partial charge >= 0.3 is 5.97 Å². The molecule has 1 atom stereocenters. The summed E-state index contributed by atoms with van der Waals surface area (Å²) in [7, 11) is 1.70. The Morgan fingerprint density at radius 3 is 2.41 bits per heavy atom. The SMILES string of the molecule is CCc1ccc(-c2nc(C(=O)O[C@H](C)C(=O)N(C)Cc3ccccc3)cs2)cc1. The van der Waals surface area contributed by atoms with Crippen LogP contribution in [0.5, 0.6) is 0 Å². The number of hydrogen-bond donors (Lipinski definition) is 0. The topological polar surface area (TPSA) is 59.5 Å². The van der Waals surface area contributed by atoms with Crippen LogP contribution < -0.4 is 0 Å². The summed E-state index contributed by atoms with van der Waals surface area (Å²) >= 11 is 1.38. The van der Waals surface area contributed by atoms with E-state index in [0.29, 0.717) is 6.54 Å². The zero-order chi connectivity index (χ0) is 20.8. The van der Waals surface area contributed by atoms with E-state index >= 15 is 0 Å². The largest absolute Gasteiger partial charge is 0.448 e. The quantitative estimate of drug-likeness (QED) is 0.537.